The van der Waals surface area contributed by atoms with Gasteiger partial charge in [-0.05, 0) is 87.7 Å². The highest BCUT2D eigenvalue weighted by atomic mass is 35.5. The summed E-state index contributed by atoms with van der Waals surface area (Å²) in [7, 11) is -6.33. The first-order valence-electron chi connectivity index (χ1n) is 15.9. The first-order valence-corrected chi connectivity index (χ1v) is 19.2. The van der Waals surface area contributed by atoms with E-state index in [1.165, 1.54) is 58.7 Å². The molecule has 3 aromatic rings. The molecule has 0 bridgehead atoms. The Kier molecular flexibility index (Phi) is 12.9. The van der Waals surface area contributed by atoms with E-state index in [1.54, 1.807) is 37.3 Å². The van der Waals surface area contributed by atoms with Gasteiger partial charge in [-0.1, -0.05) is 36.7 Å². The molecule has 2 N–H and O–H groups in total. The number of benzene rings is 3. The molecule has 0 spiro atoms. The second-order valence-electron chi connectivity index (χ2n) is 12.2. The molecule has 4 rings (SSSR count). The Morgan fingerprint density at radius 3 is 2.35 bits per heavy atom. The number of ether oxygens (including phenoxy) is 2. The predicted molar refractivity (Wildman–Crippen MR) is 185 cm³/mol. The summed E-state index contributed by atoms with van der Waals surface area (Å²) in [6, 6.07) is 17.8. The van der Waals surface area contributed by atoms with Gasteiger partial charge in [0.2, 0.25) is 10.0 Å². The SMILES string of the molecule is C[C@@H]1CCCCO[C@H](CN(C)S(=O)(=O)c2ccc(Cl)cc2)[C@@H](C)CN([C@H](C)CO)C(=O)c2cc(NS(=O)(=O)c3ccccc3)ccc2O1. The minimum atomic E-state index is -3.95. The fourth-order valence-electron chi connectivity index (χ4n) is 5.40. The van der Waals surface area contributed by atoms with Gasteiger partial charge in [-0.3, -0.25) is 9.52 Å². The zero-order chi connectivity index (χ0) is 35.1. The maximum absolute atomic E-state index is 14.3. The van der Waals surface area contributed by atoms with E-state index in [1.807, 2.05) is 13.8 Å². The van der Waals surface area contributed by atoms with Crippen molar-refractivity contribution in [1.82, 2.24) is 9.21 Å². The number of likely N-dealkylation sites (N-methyl/N-ethyl adjacent to an activating group) is 1. The fourth-order valence-corrected chi connectivity index (χ4v) is 7.78. The number of carbonyl (C=O) groups excluding carboxylic acids is 1. The molecule has 0 unspecified atom stereocenters. The standard InChI is InChI=1S/C34H44ClN3O8S2/c1-24-21-38(25(2)23-39)34(40)31-20-28(36-47(41,42)29-11-6-5-7-12-29)15-18-32(31)46-26(3)10-8-9-19-45-33(24)22-37(4)48(43,44)30-16-13-27(35)14-17-30/h5-7,11-18,20,24-26,33,36,39H,8-10,19,21-23H2,1-4H3/t24-,25+,26+,33+/m0/s1. The lowest BCUT2D eigenvalue weighted by molar-refractivity contribution is -0.00833. The number of halogens is 1. The van der Waals surface area contributed by atoms with Crippen LogP contribution in [-0.2, 0) is 24.8 Å². The van der Waals surface area contributed by atoms with Gasteiger partial charge < -0.3 is 19.5 Å². The van der Waals surface area contributed by atoms with Crippen LogP contribution in [0.15, 0.2) is 82.6 Å². The Morgan fingerprint density at radius 2 is 1.69 bits per heavy atom. The molecule has 11 nitrogen and oxygen atoms in total. The fraction of sp³-hybridized carbons (Fsp3) is 0.441. The van der Waals surface area contributed by atoms with E-state index in [4.69, 9.17) is 21.1 Å². The minimum Gasteiger partial charge on any atom is -0.490 e. The van der Waals surface area contributed by atoms with Crippen LogP contribution >= 0.6 is 11.6 Å². The number of aliphatic hydroxyl groups is 1. The Labute approximate surface area is 288 Å². The van der Waals surface area contributed by atoms with Gasteiger partial charge in [0.1, 0.15) is 5.75 Å². The lowest BCUT2D eigenvalue weighted by Gasteiger charge is -2.35. The molecule has 48 heavy (non-hydrogen) atoms. The lowest BCUT2D eigenvalue weighted by atomic mass is 10.0. The van der Waals surface area contributed by atoms with Crippen LogP contribution in [0.1, 0.15) is 50.4 Å². The summed E-state index contributed by atoms with van der Waals surface area (Å²) in [6.07, 6.45) is 1.24. The molecule has 1 amide bonds. The smallest absolute Gasteiger partial charge is 0.261 e. The first kappa shape index (κ1) is 37.6. The van der Waals surface area contributed by atoms with E-state index in [2.05, 4.69) is 4.72 Å². The summed E-state index contributed by atoms with van der Waals surface area (Å²) < 4.78 is 69.3. The average Bonchev–Trinajstić information content (AvgIpc) is 3.06. The van der Waals surface area contributed by atoms with Crippen molar-refractivity contribution in [3.63, 3.8) is 0 Å². The first-order chi connectivity index (χ1) is 22.7. The maximum Gasteiger partial charge on any atom is 0.261 e. The zero-order valence-electron chi connectivity index (χ0n) is 27.6. The van der Waals surface area contributed by atoms with Crippen LogP contribution in [0.2, 0.25) is 5.02 Å². The van der Waals surface area contributed by atoms with Gasteiger partial charge in [0.05, 0.1) is 40.2 Å². The van der Waals surface area contributed by atoms with E-state index in [-0.39, 0.29) is 58.5 Å². The van der Waals surface area contributed by atoms with Gasteiger partial charge in [0.15, 0.2) is 0 Å². The second kappa shape index (κ2) is 16.5. The Hall–Kier alpha value is -3.20. The molecule has 262 valence electrons. The van der Waals surface area contributed by atoms with Crippen LogP contribution in [0.4, 0.5) is 5.69 Å². The van der Waals surface area contributed by atoms with E-state index in [0.717, 1.165) is 6.42 Å². The van der Waals surface area contributed by atoms with Crippen molar-refractivity contribution in [1.29, 1.82) is 0 Å². The molecule has 0 aliphatic carbocycles. The molecule has 1 aliphatic heterocycles. The molecular formula is C34H44ClN3O8S2. The number of carbonyl (C=O) groups is 1. The number of anilines is 1. The molecule has 0 saturated carbocycles. The summed E-state index contributed by atoms with van der Waals surface area (Å²) in [4.78, 5) is 16.0. The van der Waals surface area contributed by atoms with Crippen molar-refractivity contribution in [3.05, 3.63) is 83.4 Å². The number of hydrogen-bond acceptors (Lipinski definition) is 8. The number of nitrogens with one attached hydrogen (secondary N) is 1. The number of rotatable bonds is 9. The third kappa shape index (κ3) is 9.48. The highest BCUT2D eigenvalue weighted by Crippen LogP contribution is 2.30. The summed E-state index contributed by atoms with van der Waals surface area (Å²) in [5, 5.41) is 10.6. The molecule has 1 aliphatic rings. The van der Waals surface area contributed by atoms with Crippen molar-refractivity contribution in [3.8, 4) is 5.75 Å². The summed E-state index contributed by atoms with van der Waals surface area (Å²) >= 11 is 5.97. The molecule has 0 radical (unpaired) electrons. The van der Waals surface area contributed by atoms with Gasteiger partial charge in [-0.2, -0.15) is 4.31 Å². The summed E-state index contributed by atoms with van der Waals surface area (Å²) in [6.45, 7) is 5.61. The molecule has 14 heteroatoms. The molecule has 4 atom stereocenters. The second-order valence-corrected chi connectivity index (χ2v) is 16.3. The Morgan fingerprint density at radius 1 is 1.00 bits per heavy atom. The van der Waals surface area contributed by atoms with Crippen molar-refractivity contribution < 1.29 is 36.2 Å². The lowest BCUT2D eigenvalue weighted by Crippen LogP contribution is -2.48. The highest BCUT2D eigenvalue weighted by Gasteiger charge is 2.32. The van der Waals surface area contributed by atoms with Crippen molar-refractivity contribution in [2.75, 3.05) is 38.1 Å². The third-order valence-electron chi connectivity index (χ3n) is 8.32. The maximum atomic E-state index is 14.3. The van der Waals surface area contributed by atoms with Crippen LogP contribution in [0.25, 0.3) is 0 Å². The highest BCUT2D eigenvalue weighted by molar-refractivity contribution is 7.92. The normalized spacial score (nSPS) is 20.8. The monoisotopic (exact) mass is 721 g/mol. The van der Waals surface area contributed by atoms with Crippen molar-refractivity contribution >= 4 is 43.2 Å². The summed E-state index contributed by atoms with van der Waals surface area (Å²) in [5.41, 5.74) is 0.294. The van der Waals surface area contributed by atoms with Crippen LogP contribution in [0.3, 0.4) is 0 Å². The third-order valence-corrected chi connectivity index (χ3v) is 11.8. The summed E-state index contributed by atoms with van der Waals surface area (Å²) in [5.74, 6) is -0.572. The zero-order valence-corrected chi connectivity index (χ0v) is 30.0. The molecule has 0 fully saturated rings. The molecule has 0 aromatic heterocycles. The Bertz CT molecular complexity index is 1740. The van der Waals surface area contributed by atoms with Crippen LogP contribution < -0.4 is 9.46 Å². The van der Waals surface area contributed by atoms with Crippen LogP contribution in [0, 0.1) is 5.92 Å². The van der Waals surface area contributed by atoms with Crippen molar-refractivity contribution in [2.24, 2.45) is 5.92 Å². The van der Waals surface area contributed by atoms with E-state index in [0.29, 0.717) is 24.5 Å². The molecule has 3 aromatic carbocycles. The largest absolute Gasteiger partial charge is 0.490 e. The van der Waals surface area contributed by atoms with E-state index >= 15 is 0 Å². The van der Waals surface area contributed by atoms with E-state index in [9.17, 15) is 26.7 Å². The van der Waals surface area contributed by atoms with Crippen molar-refractivity contribution in [2.45, 2.75) is 68.1 Å². The van der Waals surface area contributed by atoms with Gasteiger partial charge in [0.25, 0.3) is 15.9 Å². The Balaban J connectivity index is 1.67. The number of sulfonamides is 2. The topological polar surface area (TPSA) is 143 Å². The van der Waals surface area contributed by atoms with E-state index < -0.39 is 38.1 Å². The average molecular weight is 722 g/mol. The van der Waals surface area contributed by atoms with Crippen LogP contribution in [-0.4, -0.2) is 88.7 Å². The molecular weight excluding hydrogens is 678 g/mol. The number of hydrogen-bond donors (Lipinski definition) is 2. The van der Waals surface area contributed by atoms with Crippen LogP contribution in [0.5, 0.6) is 5.75 Å². The molecule has 1 heterocycles. The van der Waals surface area contributed by atoms with Gasteiger partial charge in [-0.15, -0.1) is 0 Å². The number of aliphatic hydroxyl groups excluding tert-OH is 1. The molecule has 0 saturated heterocycles. The quantitative estimate of drug-likeness (QED) is 0.305. The van der Waals surface area contributed by atoms with Gasteiger partial charge in [0, 0.05) is 43.4 Å². The number of fused-ring (bicyclic) bond motifs is 1. The number of nitrogens with zero attached hydrogens (tertiary/aromatic N) is 2. The van der Waals surface area contributed by atoms with Gasteiger partial charge >= 0.3 is 0 Å². The predicted octanol–water partition coefficient (Wildman–Crippen LogP) is 5.26. The number of amides is 1. The van der Waals surface area contributed by atoms with Gasteiger partial charge in [-0.25, -0.2) is 16.8 Å². The minimum absolute atomic E-state index is 0.0170.